The summed E-state index contributed by atoms with van der Waals surface area (Å²) in [5, 5.41) is 0. The average molecular weight is 260 g/mol. The Bertz CT molecular complexity index is 275. The minimum absolute atomic E-state index is 0.0675. The molecule has 2 saturated carbocycles. The van der Waals surface area contributed by atoms with Gasteiger partial charge >= 0.3 is 0 Å². The second-order valence-electron chi connectivity index (χ2n) is 6.33. The molecule has 0 aromatic heterocycles. The van der Waals surface area contributed by atoms with Crippen LogP contribution in [0.4, 0.5) is 8.78 Å². The molecule has 0 aromatic carbocycles. The third-order valence-corrected chi connectivity index (χ3v) is 5.00. The smallest absolute Gasteiger partial charge is 0.248 e. The van der Waals surface area contributed by atoms with Crippen LogP contribution in [0, 0.1) is 5.92 Å². The highest BCUT2D eigenvalue weighted by molar-refractivity contribution is 4.95. The Kier molecular flexibility index (Phi) is 4.27. The van der Waals surface area contributed by atoms with Crippen molar-refractivity contribution in [2.45, 2.75) is 62.8 Å². The maximum absolute atomic E-state index is 13.4. The molecule has 2 N–H and O–H groups in total. The molecule has 0 aromatic rings. The van der Waals surface area contributed by atoms with Crippen molar-refractivity contribution in [2.75, 3.05) is 20.1 Å². The molecule has 0 amide bonds. The van der Waals surface area contributed by atoms with E-state index in [1.807, 2.05) is 0 Å². The summed E-state index contributed by atoms with van der Waals surface area (Å²) >= 11 is 0. The molecule has 2 aliphatic rings. The largest absolute Gasteiger partial charge is 0.329 e. The Morgan fingerprint density at radius 3 is 2.39 bits per heavy atom. The number of alkyl halides is 2. The van der Waals surface area contributed by atoms with E-state index in [1.165, 1.54) is 12.8 Å². The lowest BCUT2D eigenvalue weighted by Crippen LogP contribution is -2.52. The Labute approximate surface area is 109 Å². The van der Waals surface area contributed by atoms with Crippen LogP contribution < -0.4 is 5.73 Å². The summed E-state index contributed by atoms with van der Waals surface area (Å²) in [7, 11) is 2.07. The molecule has 0 spiro atoms. The molecule has 0 radical (unpaired) electrons. The van der Waals surface area contributed by atoms with E-state index in [0.717, 1.165) is 25.8 Å². The summed E-state index contributed by atoms with van der Waals surface area (Å²) in [5.74, 6) is -2.29. The van der Waals surface area contributed by atoms with E-state index in [-0.39, 0.29) is 24.3 Å². The van der Waals surface area contributed by atoms with Gasteiger partial charge in [-0.3, -0.25) is 4.90 Å². The predicted octanol–water partition coefficient (Wildman–Crippen LogP) is 3.02. The van der Waals surface area contributed by atoms with Gasteiger partial charge in [0.05, 0.1) is 0 Å². The summed E-state index contributed by atoms with van der Waals surface area (Å²) in [4.78, 5) is 2.28. The number of halogens is 2. The quantitative estimate of drug-likeness (QED) is 0.842. The van der Waals surface area contributed by atoms with E-state index < -0.39 is 5.92 Å². The Balaban J connectivity index is 1.92. The molecule has 106 valence electrons. The normalized spacial score (nSPS) is 30.8. The lowest BCUT2D eigenvalue weighted by Gasteiger charge is -2.41. The van der Waals surface area contributed by atoms with Crippen LogP contribution in [0.2, 0.25) is 0 Å². The average Bonchev–Trinajstić information content (AvgIpc) is 2.77. The summed E-state index contributed by atoms with van der Waals surface area (Å²) in [6.07, 6.45) is 6.46. The number of nitrogens with zero attached hydrogens (tertiary/aromatic N) is 1. The summed E-state index contributed by atoms with van der Waals surface area (Å²) in [6.45, 7) is 1.44. The molecule has 2 fully saturated rings. The first kappa shape index (κ1) is 14.2. The fraction of sp³-hybridized carbons (Fsp3) is 1.00. The van der Waals surface area contributed by atoms with Crippen LogP contribution in [-0.4, -0.2) is 36.5 Å². The Hall–Kier alpha value is -0.220. The topological polar surface area (TPSA) is 29.3 Å². The molecular weight excluding hydrogens is 234 g/mol. The van der Waals surface area contributed by atoms with Crippen molar-refractivity contribution in [3.05, 3.63) is 0 Å². The van der Waals surface area contributed by atoms with Gasteiger partial charge in [0.25, 0.3) is 0 Å². The first-order valence-corrected chi connectivity index (χ1v) is 7.27. The Morgan fingerprint density at radius 1 is 1.17 bits per heavy atom. The van der Waals surface area contributed by atoms with Crippen molar-refractivity contribution in [3.8, 4) is 0 Å². The molecular formula is C14H26F2N2. The molecule has 2 rings (SSSR count). The first-order valence-electron chi connectivity index (χ1n) is 7.27. The second-order valence-corrected chi connectivity index (χ2v) is 6.33. The molecule has 0 heterocycles. The van der Waals surface area contributed by atoms with Crippen LogP contribution in [0.5, 0.6) is 0 Å². The maximum Gasteiger partial charge on any atom is 0.248 e. The van der Waals surface area contributed by atoms with Gasteiger partial charge < -0.3 is 5.73 Å². The molecule has 1 atom stereocenters. The highest BCUT2D eigenvalue weighted by Crippen LogP contribution is 2.39. The van der Waals surface area contributed by atoms with Gasteiger partial charge in [0.2, 0.25) is 5.92 Å². The van der Waals surface area contributed by atoms with Gasteiger partial charge in [0, 0.05) is 31.5 Å². The minimum atomic E-state index is -2.44. The highest BCUT2D eigenvalue weighted by atomic mass is 19.3. The molecule has 4 heteroatoms. The molecule has 0 bridgehead atoms. The van der Waals surface area contributed by atoms with Crippen molar-refractivity contribution >= 4 is 0 Å². The van der Waals surface area contributed by atoms with Crippen LogP contribution in [-0.2, 0) is 0 Å². The number of likely N-dealkylation sites (N-methyl/N-ethyl adjacent to an activating group) is 1. The molecule has 2 nitrogen and oxygen atoms in total. The summed E-state index contributed by atoms with van der Waals surface area (Å²) in [5.41, 5.74) is 6.03. The van der Waals surface area contributed by atoms with Gasteiger partial charge in [-0.1, -0.05) is 12.8 Å². The summed E-state index contributed by atoms with van der Waals surface area (Å²) < 4.78 is 26.8. The van der Waals surface area contributed by atoms with E-state index >= 15 is 0 Å². The molecule has 2 aliphatic carbocycles. The molecule has 0 aliphatic heterocycles. The molecule has 0 saturated heterocycles. The van der Waals surface area contributed by atoms with Crippen LogP contribution in [0.25, 0.3) is 0 Å². The first-order chi connectivity index (χ1) is 8.47. The zero-order chi connectivity index (χ0) is 13.2. The fourth-order valence-electron chi connectivity index (χ4n) is 3.79. The van der Waals surface area contributed by atoms with Gasteiger partial charge in [-0.05, 0) is 38.6 Å². The van der Waals surface area contributed by atoms with E-state index in [0.29, 0.717) is 13.0 Å². The van der Waals surface area contributed by atoms with Crippen LogP contribution in [0.1, 0.15) is 51.4 Å². The monoisotopic (exact) mass is 260 g/mol. The Morgan fingerprint density at radius 2 is 1.83 bits per heavy atom. The fourth-order valence-corrected chi connectivity index (χ4v) is 3.79. The van der Waals surface area contributed by atoms with Gasteiger partial charge in [-0.2, -0.15) is 0 Å². The van der Waals surface area contributed by atoms with Crippen molar-refractivity contribution in [3.63, 3.8) is 0 Å². The molecule has 18 heavy (non-hydrogen) atoms. The van der Waals surface area contributed by atoms with E-state index in [1.54, 1.807) is 0 Å². The van der Waals surface area contributed by atoms with Gasteiger partial charge in [0.1, 0.15) is 0 Å². The van der Waals surface area contributed by atoms with E-state index in [9.17, 15) is 8.78 Å². The maximum atomic E-state index is 13.4. The summed E-state index contributed by atoms with van der Waals surface area (Å²) in [6, 6.07) is 0. The van der Waals surface area contributed by atoms with Crippen molar-refractivity contribution in [2.24, 2.45) is 11.7 Å². The number of hydrogen-bond donors (Lipinski definition) is 1. The number of rotatable bonds is 4. The lowest BCUT2D eigenvalue weighted by molar-refractivity contribution is -0.0603. The van der Waals surface area contributed by atoms with Crippen LogP contribution >= 0.6 is 0 Å². The lowest BCUT2D eigenvalue weighted by atomic mass is 9.85. The zero-order valence-electron chi connectivity index (χ0n) is 11.4. The standard InChI is InChI=1S/C14H26F2N2/c1-18(13(11-17)6-2-3-7-13)10-12-5-4-8-14(15,16)9-12/h12H,2-11,17H2,1H3. The van der Waals surface area contributed by atoms with Crippen LogP contribution in [0.3, 0.4) is 0 Å². The van der Waals surface area contributed by atoms with Gasteiger partial charge in [0.15, 0.2) is 0 Å². The highest BCUT2D eigenvalue weighted by Gasteiger charge is 2.40. The minimum Gasteiger partial charge on any atom is -0.329 e. The van der Waals surface area contributed by atoms with E-state index in [4.69, 9.17) is 5.73 Å². The second kappa shape index (κ2) is 5.41. The number of nitrogens with two attached hydrogens (primary N) is 1. The number of hydrogen-bond acceptors (Lipinski definition) is 2. The third-order valence-electron chi connectivity index (χ3n) is 5.00. The van der Waals surface area contributed by atoms with Gasteiger partial charge in [-0.15, -0.1) is 0 Å². The van der Waals surface area contributed by atoms with Crippen molar-refractivity contribution in [1.29, 1.82) is 0 Å². The predicted molar refractivity (Wildman–Crippen MR) is 69.8 cm³/mol. The van der Waals surface area contributed by atoms with E-state index in [2.05, 4.69) is 11.9 Å². The third kappa shape index (κ3) is 3.02. The zero-order valence-corrected chi connectivity index (χ0v) is 11.4. The van der Waals surface area contributed by atoms with Crippen molar-refractivity contribution in [1.82, 2.24) is 4.90 Å². The molecule has 1 unspecified atom stereocenters. The van der Waals surface area contributed by atoms with Crippen molar-refractivity contribution < 1.29 is 8.78 Å². The SMILES string of the molecule is CN(CC1CCCC(F)(F)C1)C1(CN)CCCC1. The van der Waals surface area contributed by atoms with Crippen LogP contribution in [0.15, 0.2) is 0 Å². The van der Waals surface area contributed by atoms with Gasteiger partial charge in [-0.25, -0.2) is 8.78 Å².